The Labute approximate surface area is 520 Å². The summed E-state index contributed by atoms with van der Waals surface area (Å²) in [5.41, 5.74) is 4.32. The van der Waals surface area contributed by atoms with E-state index in [0.717, 1.165) is 46.6 Å². The first-order valence-corrected chi connectivity index (χ1v) is 32.1. The van der Waals surface area contributed by atoms with E-state index in [-0.39, 0.29) is 23.2 Å². The van der Waals surface area contributed by atoms with Crippen molar-refractivity contribution in [1.82, 2.24) is 9.80 Å². The van der Waals surface area contributed by atoms with Crippen LogP contribution in [0.1, 0.15) is 61.1 Å². The molecule has 29 heteroatoms. The zero-order valence-electron chi connectivity index (χ0n) is 47.2. The van der Waals surface area contributed by atoms with Crippen LogP contribution in [-0.4, -0.2) is 92.4 Å². The molecule has 2 heterocycles. The quantitative estimate of drug-likeness (QED) is 0.0264. The Morgan fingerprint density at radius 2 is 0.782 bits per heavy atom. The van der Waals surface area contributed by atoms with Gasteiger partial charge in [0, 0.05) is 109 Å². The molecule has 0 aliphatic carbocycles. The van der Waals surface area contributed by atoms with Gasteiger partial charge in [-0.1, -0.05) is 84.9 Å². The molecular weight excluding hydrogens is 1440 g/mol. The summed E-state index contributed by atoms with van der Waals surface area (Å²) in [6, 6.07) is 48.3. The Morgan fingerprint density at radius 1 is 0.506 bits per heavy atom. The summed E-state index contributed by atoms with van der Waals surface area (Å²) in [5.74, 6) is 0.00670. The maximum atomic E-state index is 13.5. The van der Waals surface area contributed by atoms with Gasteiger partial charge >= 0.3 is 66.0 Å². The van der Waals surface area contributed by atoms with Crippen LogP contribution in [0.3, 0.4) is 0 Å². The fraction of sp³-hybridized carbons (Fsp3) is 0.241. The number of amides is 2. The molecule has 472 valence electrons. The number of nitrogens with zero attached hydrogens (tertiary/aromatic N) is 6. The van der Waals surface area contributed by atoms with Gasteiger partial charge in [0.1, 0.15) is 0 Å². The molecule has 2 aliphatic rings. The Hall–Kier alpha value is -6.68. The van der Waals surface area contributed by atoms with Gasteiger partial charge in [-0.15, -0.1) is 0 Å². The number of carbonyl (C=O) groups excluding carboxylic acids is 2. The molecule has 0 radical (unpaired) electrons. The minimum absolute atomic E-state index is 0.00335. The number of ether oxygens (including phenoxy) is 1. The van der Waals surface area contributed by atoms with Crippen molar-refractivity contribution < 1.29 is 83.7 Å². The summed E-state index contributed by atoms with van der Waals surface area (Å²) in [5, 5.41) is 22.3. The monoisotopic (exact) mass is 1500 g/mol. The van der Waals surface area contributed by atoms with Crippen LogP contribution in [0.4, 0.5) is 61.7 Å². The predicted molar refractivity (Wildman–Crippen MR) is 333 cm³/mol. The topological polar surface area (TPSA) is 142 Å². The predicted octanol–water partition coefficient (Wildman–Crippen LogP) is 18.3. The van der Waals surface area contributed by atoms with E-state index in [1.807, 2.05) is 174 Å². The second-order valence-electron chi connectivity index (χ2n) is 19.5. The molecule has 2 aliphatic heterocycles. The van der Waals surface area contributed by atoms with Gasteiger partial charge in [-0.05, 0) is 142 Å². The van der Waals surface area contributed by atoms with Crippen LogP contribution in [0.5, 0.6) is 0 Å². The van der Waals surface area contributed by atoms with Crippen molar-refractivity contribution in [1.29, 1.82) is 0 Å². The molecule has 6 aromatic rings. The van der Waals surface area contributed by atoms with Crippen molar-refractivity contribution in [3.05, 3.63) is 231 Å². The molecule has 0 N–H and O–H groups in total. The molecule has 0 unspecified atom stereocenters. The van der Waals surface area contributed by atoms with E-state index >= 15 is 0 Å². The van der Waals surface area contributed by atoms with E-state index in [9.17, 15) is 80.2 Å². The van der Waals surface area contributed by atoms with E-state index in [1.54, 1.807) is 48.2 Å². The molecule has 2 saturated heterocycles. The summed E-state index contributed by atoms with van der Waals surface area (Å²) < 4.78 is 130. The van der Waals surface area contributed by atoms with Crippen LogP contribution in [0.25, 0.3) is 12.2 Å². The number of benzene rings is 6. The molecule has 0 bridgehead atoms. The van der Waals surface area contributed by atoms with E-state index < -0.39 is 48.9 Å². The van der Waals surface area contributed by atoms with Crippen LogP contribution in [0.2, 0.25) is 0 Å². The van der Waals surface area contributed by atoms with Crippen molar-refractivity contribution >= 4 is 109 Å². The summed E-state index contributed by atoms with van der Waals surface area (Å²) in [4.78, 5) is 51.9. The molecular formula is C58H60F12I2N6O7P2. The van der Waals surface area contributed by atoms with Gasteiger partial charge in [-0.3, -0.25) is 39.6 Å². The third kappa shape index (κ3) is 24.4. The number of carbonyl (C=O) groups is 2. The van der Waals surface area contributed by atoms with Gasteiger partial charge in [-0.2, -0.15) is 9.15 Å². The average molecular weight is 1500 g/mol. The third-order valence-corrected chi connectivity index (χ3v) is 14.7. The molecule has 0 aromatic heterocycles. The number of non-ortho nitro benzene ring substituents is 2. The molecule has 0 spiro atoms. The van der Waals surface area contributed by atoms with Crippen molar-refractivity contribution in [3.63, 3.8) is 0 Å². The zero-order valence-corrected chi connectivity index (χ0v) is 53.3. The van der Waals surface area contributed by atoms with Crippen molar-refractivity contribution in [2.24, 2.45) is 0 Å². The Kier molecular flexibility index (Phi) is 23.3. The minimum atomic E-state index is -10.7. The van der Waals surface area contributed by atoms with Gasteiger partial charge in [0.2, 0.25) is 12.1 Å². The molecule has 2 amide bonds. The van der Waals surface area contributed by atoms with Gasteiger partial charge in [0.05, 0.1) is 9.85 Å². The number of likely N-dealkylation sites (N-methyl/N-ethyl adjacent to an activating group) is 2. The zero-order chi connectivity index (χ0) is 65.5. The number of rotatable bonds is 14. The number of nitro groups is 2. The number of hydrogen-bond donors (Lipinski definition) is 0. The van der Waals surface area contributed by atoms with Crippen LogP contribution in [0.15, 0.2) is 170 Å². The number of allylic oxidation sites excluding steroid dienone is 2. The van der Waals surface area contributed by atoms with Crippen molar-refractivity contribution in [2.45, 2.75) is 63.9 Å². The van der Waals surface area contributed by atoms with Crippen LogP contribution >= 0.6 is 60.8 Å². The number of halogens is 14. The van der Waals surface area contributed by atoms with E-state index in [1.165, 1.54) is 31.4 Å². The van der Waals surface area contributed by atoms with Gasteiger partial charge in [0.15, 0.2) is 12.4 Å². The van der Waals surface area contributed by atoms with Crippen LogP contribution in [0, 0.1) is 27.4 Å². The number of nitro benzene ring substituents is 2. The van der Waals surface area contributed by atoms with E-state index in [2.05, 4.69) is 54.3 Å². The molecule has 0 saturated carbocycles. The first-order chi connectivity index (χ1) is 39.9. The van der Waals surface area contributed by atoms with Crippen molar-refractivity contribution in [2.75, 3.05) is 27.3 Å². The Bertz CT molecular complexity index is 3240. The fourth-order valence-corrected chi connectivity index (χ4v) is 9.66. The molecule has 87 heavy (non-hydrogen) atoms. The standard InChI is InChI=1S/2C27H25IN3O3.C4H10O.2F6P/c2*1-27(22-12-16-24(17-13-22)31(33)34)29(2)26(32)25(19-21-7-4-3-5-8-21)30(27)18-6-9-20-10-14-23(28)15-11-20;1-3-5-4-2;2*1-7(2,3,4,5)6/h2*3-18,25H,19H2,1-2H3;3-4H2,1-2H3;;/q2*+1;;2*-1/b2*9-6+,30-18+;;;/t2*25-,27-;;;/m00.../s1. The summed E-state index contributed by atoms with van der Waals surface area (Å²) in [7, 11) is -17.7. The van der Waals surface area contributed by atoms with Gasteiger partial charge < -0.3 is 4.74 Å². The molecule has 6 aromatic carbocycles. The maximum absolute atomic E-state index is 13.5. The normalized spacial score (nSPS) is 21.0. The van der Waals surface area contributed by atoms with Crippen LogP contribution < -0.4 is 0 Å². The van der Waals surface area contributed by atoms with Crippen LogP contribution in [-0.2, 0) is 38.5 Å². The van der Waals surface area contributed by atoms with Gasteiger partial charge in [0.25, 0.3) is 34.5 Å². The molecule has 13 nitrogen and oxygen atoms in total. The van der Waals surface area contributed by atoms with Gasteiger partial charge in [-0.25, -0.2) is 0 Å². The average Bonchev–Trinajstić information content (AvgIpc) is 1.62. The van der Waals surface area contributed by atoms with E-state index in [0.29, 0.717) is 12.8 Å². The molecule has 2 fully saturated rings. The second kappa shape index (κ2) is 27.8. The Balaban J connectivity index is 0.000000287. The molecule has 8 rings (SSSR count). The fourth-order valence-electron chi connectivity index (χ4n) is 8.94. The summed E-state index contributed by atoms with van der Waals surface area (Å²) in [6.45, 7) is 9.62. The Morgan fingerprint density at radius 3 is 1.02 bits per heavy atom. The molecule has 4 atom stereocenters. The summed E-state index contributed by atoms with van der Waals surface area (Å²) >= 11 is 4.55. The first-order valence-electron chi connectivity index (χ1n) is 25.9. The SMILES string of the molecule is CCOCC.CN1C(=O)[C@H](Cc2ccccc2)/[N+](=C\C=C\c2ccc(I)cc2)[C@@]1(C)c1ccc([N+](=O)[O-])cc1.CN1C(=O)[C@H](Cc2ccccc2)/[N+](=C\C=C\c2ccc(I)cc2)[C@@]1(C)c1ccc([N+](=O)[O-])cc1.F[P-](F)(F)(F)(F)F.F[P-](F)(F)(F)(F)F. The second-order valence-corrected chi connectivity index (χ2v) is 25.8. The third-order valence-electron chi connectivity index (χ3n) is 13.2. The van der Waals surface area contributed by atoms with E-state index in [4.69, 9.17) is 4.74 Å². The van der Waals surface area contributed by atoms with Crippen molar-refractivity contribution in [3.8, 4) is 0 Å². The number of hydrogen-bond acceptors (Lipinski definition) is 7. The summed E-state index contributed by atoms with van der Waals surface area (Å²) in [6.07, 6.45) is 12.9. The first kappa shape index (κ1) is 72.8.